The Kier molecular flexibility index (Phi) is 0.388. The Morgan fingerprint density at radius 1 is 1.14 bits per heavy atom. The van der Waals surface area contributed by atoms with Gasteiger partial charge >= 0.3 is 71.7 Å². The molecule has 0 saturated carbocycles. The van der Waals surface area contributed by atoms with E-state index in [-0.39, 0.29) is 0 Å². The maximum absolute atomic E-state index is 12.2. The zero-order chi connectivity index (χ0) is 13.9. The van der Waals surface area contributed by atoms with E-state index in [2.05, 4.69) is 22.8 Å². The molecule has 112 valence electrons. The second-order valence-corrected chi connectivity index (χ2v) is 36.5. The number of thiol groups is 1. The third-order valence-corrected chi connectivity index (χ3v) is 59.0. The molecule has 0 amide bonds. The van der Waals surface area contributed by atoms with Gasteiger partial charge < -0.3 is 5.73 Å². The molecule has 21 heavy (non-hydrogen) atoms. The zero-order valence-corrected chi connectivity index (χ0v) is 14.1. The molecule has 10 saturated heterocycles. The van der Waals surface area contributed by atoms with Gasteiger partial charge in [-0.3, -0.25) is 0 Å². The number of anilines is 1. The summed E-state index contributed by atoms with van der Waals surface area (Å²) in [7, 11) is 0. The van der Waals surface area contributed by atoms with Gasteiger partial charge in [-0.2, -0.15) is 0 Å². The quantitative estimate of drug-likeness (QED) is 0.591. The molecule has 11 rings (SSSR count). The van der Waals surface area contributed by atoms with Crippen LogP contribution in [0.15, 0.2) is 4.34 Å². The van der Waals surface area contributed by atoms with Gasteiger partial charge in [-0.05, 0) is 0 Å². The molecule has 4 nitrogen and oxygen atoms in total. The number of aromatic nitrogens is 2. The molecule has 1 spiro atoms. The van der Waals surface area contributed by atoms with Crippen LogP contribution in [0.4, 0.5) is 5.13 Å². The molecule has 0 bridgehead atoms. The zero-order valence-electron chi connectivity index (χ0n) is 11.3. The van der Waals surface area contributed by atoms with Gasteiger partial charge in [0.1, 0.15) is 0 Å². The molecule has 10 aliphatic rings. The summed E-state index contributed by atoms with van der Waals surface area (Å²) in [6.07, 6.45) is 0. The summed E-state index contributed by atoms with van der Waals surface area (Å²) in [5.74, 6) is 0.726. The van der Waals surface area contributed by atoms with Gasteiger partial charge in [-0.15, -0.1) is 22.8 Å². The van der Waals surface area contributed by atoms with E-state index >= 15 is 0 Å². The van der Waals surface area contributed by atoms with Crippen molar-refractivity contribution < 1.29 is 11.3 Å². The summed E-state index contributed by atoms with van der Waals surface area (Å²) >= 11 is 5.13. The molecule has 4 unspecified atom stereocenters. The van der Waals surface area contributed by atoms with Crippen molar-refractivity contribution >= 4 is 34.9 Å². The third-order valence-electron chi connectivity index (χ3n) is 15.6. The summed E-state index contributed by atoms with van der Waals surface area (Å²) in [5, 5.41) is 7.47. The maximum Gasteiger partial charge on any atom is 0.203 e. The Balaban J connectivity index is 0.000000103. The number of hydrogen-bond donors (Lipinski definition) is 2. The van der Waals surface area contributed by atoms with E-state index in [1.54, 1.807) is 0 Å². The number of nitrogens with two attached hydrogens (primary N) is 1. The fourth-order valence-electron chi connectivity index (χ4n) is 17.4. The Morgan fingerprint density at radius 3 is 1.76 bits per heavy atom. The molecule has 10 aliphatic heterocycles. The molecule has 0 aromatic carbocycles. The number of carbonyl (C=O) groups is 1. The van der Waals surface area contributed by atoms with E-state index < -0.39 is 6.51 Å². The van der Waals surface area contributed by atoms with Crippen LogP contribution in [-0.2, 0) is 11.3 Å². The molecule has 4 atom stereocenters. The average molecular weight is 361 g/mol. The van der Waals surface area contributed by atoms with Gasteiger partial charge in [-0.25, -0.2) is 0 Å². The minimum atomic E-state index is -2.94. The number of carbonyl (C=O) groups excluding carboxylic acids is 1. The Morgan fingerprint density at radius 2 is 1.67 bits per heavy atom. The Hall–Kier alpha value is -0.101. The molecule has 0 radical (unpaired) electrons. The van der Waals surface area contributed by atoms with Gasteiger partial charge in [0, 0.05) is 0 Å². The standard InChI is InChI=1S/C7H7O.C5H5.C2H3N3S2.Fe/c1-6(8)7-4-2-3-5-7;1-2-4-5-3-1;3-1-4-5-2(6)7-1;/h2-5H,1H3;1-5H;(H2,3,4)(H,5,6);. The number of nitrogen functional groups attached to an aromatic ring is 1. The Bertz CT molecular complexity index is 1140. The van der Waals surface area contributed by atoms with E-state index in [0.29, 0.717) is 13.8 Å². The van der Waals surface area contributed by atoms with Crippen molar-refractivity contribution in [2.75, 3.05) is 5.73 Å². The predicted molar refractivity (Wildman–Crippen MR) is 78.7 cm³/mol. The van der Waals surface area contributed by atoms with Crippen LogP contribution in [0.25, 0.3) is 0 Å². The molecule has 0 aliphatic carbocycles. The van der Waals surface area contributed by atoms with Gasteiger partial charge in [-0.1, -0.05) is 11.3 Å². The van der Waals surface area contributed by atoms with Crippen LogP contribution in [0, 0.1) is 0 Å². The fourth-order valence-corrected chi connectivity index (χ4v) is 92.6. The SMILES string of the molecule is CC(=O)[C]12[CH]3[CH]4[CH]5[CH]1[Fe]45321678[CH]2[CH]1[CH]6[CH]7[CH]28.Nc1nnc(S)s1. The third kappa shape index (κ3) is 0.123. The number of Topliss-reactive ketones (excluding diaryl/α,β-unsaturated/α-hetero) is 1. The molecular formula is C14H15FeN3OS2. The minimum Gasteiger partial charge on any atom is -0.374 e. The first kappa shape index (κ1) is 9.26. The van der Waals surface area contributed by atoms with Crippen molar-refractivity contribution in [3.63, 3.8) is 0 Å². The predicted octanol–water partition coefficient (Wildman–Crippen LogP) is 3.74. The Labute approximate surface area is 121 Å². The molecule has 2 N–H and O–H groups in total. The first-order valence-electron chi connectivity index (χ1n) is 7.78. The van der Waals surface area contributed by atoms with Crippen LogP contribution in [0.3, 0.4) is 0 Å². The van der Waals surface area contributed by atoms with Gasteiger partial charge in [0.2, 0.25) is 5.13 Å². The topological polar surface area (TPSA) is 68.9 Å². The number of rotatable bonds is 1. The molecular weight excluding hydrogens is 346 g/mol. The summed E-state index contributed by atoms with van der Waals surface area (Å²) in [6, 6.07) is 0. The second kappa shape index (κ2) is 0.879. The number of fused-ring (bicyclic) bond motifs is 10. The van der Waals surface area contributed by atoms with E-state index in [1.165, 1.54) is 54.7 Å². The normalized spacial score (nSPS) is 97.7. The molecule has 7 heteroatoms. The van der Waals surface area contributed by atoms with Crippen molar-refractivity contribution in [3.05, 3.63) is 0 Å². The number of ketones is 1. The van der Waals surface area contributed by atoms with Crippen molar-refractivity contribution in [1.29, 1.82) is 0 Å². The number of nitrogens with zero attached hydrogens (tertiary/aromatic N) is 2. The molecule has 11 heterocycles. The van der Waals surface area contributed by atoms with Crippen LogP contribution in [0.2, 0.25) is 47.7 Å². The fraction of sp³-hybridized carbons (Fsp3) is 0.786. The van der Waals surface area contributed by atoms with Crippen LogP contribution in [-0.4, -0.2) is 16.0 Å². The first-order valence-corrected chi connectivity index (χ1v) is 15.3. The van der Waals surface area contributed by atoms with Crippen LogP contribution in [0.1, 0.15) is 6.92 Å². The minimum absolute atomic E-state index is 0.463. The van der Waals surface area contributed by atoms with Crippen molar-refractivity contribution in [3.8, 4) is 0 Å². The molecule has 1 aromatic rings. The van der Waals surface area contributed by atoms with E-state index in [1.807, 2.05) is 6.92 Å². The van der Waals surface area contributed by atoms with Crippen LogP contribution in [0.5, 0.6) is 0 Å². The second-order valence-electron chi connectivity index (χ2n) is 11.2. The van der Waals surface area contributed by atoms with E-state index in [0.717, 1.165) is 5.78 Å². The summed E-state index contributed by atoms with van der Waals surface area (Å²) in [4.78, 5) is 23.9. The summed E-state index contributed by atoms with van der Waals surface area (Å²) in [5.41, 5.74) is 5.17. The summed E-state index contributed by atoms with van der Waals surface area (Å²) in [6.45, 7) is -0.952. The maximum atomic E-state index is 12.2. The first-order chi connectivity index (χ1) is 9.78. The van der Waals surface area contributed by atoms with Gasteiger partial charge in [0.25, 0.3) is 0 Å². The van der Waals surface area contributed by atoms with Crippen LogP contribution < -0.4 is 5.73 Å². The van der Waals surface area contributed by atoms with Gasteiger partial charge in [0.15, 0.2) is 4.34 Å². The van der Waals surface area contributed by atoms with Crippen LogP contribution >= 0.6 is 24.0 Å². The monoisotopic (exact) mass is 361 g/mol. The smallest absolute Gasteiger partial charge is 0.203 e. The van der Waals surface area contributed by atoms with E-state index in [4.69, 9.17) is 5.73 Å². The van der Waals surface area contributed by atoms with Crippen molar-refractivity contribution in [2.45, 2.75) is 58.9 Å². The van der Waals surface area contributed by atoms with Crippen molar-refractivity contribution in [1.82, 2.24) is 10.2 Å². The largest absolute Gasteiger partial charge is 0.374 e. The van der Waals surface area contributed by atoms with E-state index in [9.17, 15) is 4.79 Å². The van der Waals surface area contributed by atoms with Crippen molar-refractivity contribution in [2.24, 2.45) is 0 Å². The number of hydrogen-bond acceptors (Lipinski definition) is 6. The average Bonchev–Trinajstić information content (AvgIpc) is 3.35. The molecule has 10 fully saturated rings. The summed E-state index contributed by atoms with van der Waals surface area (Å²) < 4.78 is 1.16. The molecule has 1 aromatic heterocycles. The van der Waals surface area contributed by atoms with Gasteiger partial charge in [0.05, 0.1) is 0 Å².